The van der Waals surface area contributed by atoms with Gasteiger partial charge in [-0.25, -0.2) is 0 Å². The van der Waals surface area contributed by atoms with Crippen LogP contribution in [0.25, 0.3) is 0 Å². The summed E-state index contributed by atoms with van der Waals surface area (Å²) in [6.45, 7) is 40.6. The number of halogens is 2. The molecule has 2 atom stereocenters. The van der Waals surface area contributed by atoms with Crippen molar-refractivity contribution in [1.29, 1.82) is 0 Å². The Hall–Kier alpha value is -0.0226. The fourth-order valence-corrected chi connectivity index (χ4v) is 10.2. The van der Waals surface area contributed by atoms with Crippen molar-refractivity contribution in [1.82, 2.24) is 0 Å². The topological polar surface area (TPSA) is 30.7 Å². The van der Waals surface area contributed by atoms with E-state index in [1.807, 2.05) is 0 Å². The van der Waals surface area contributed by atoms with Crippen LogP contribution in [0.4, 0.5) is 5.69 Å². The Kier molecular flexibility index (Phi) is 25.6. The Morgan fingerprint density at radius 1 is 0.618 bits per heavy atom. The van der Waals surface area contributed by atoms with E-state index in [9.17, 15) is 0 Å². The molecule has 4 heterocycles. The molecule has 0 spiro atoms. The predicted octanol–water partition coefficient (Wildman–Crippen LogP) is 3.50. The third kappa shape index (κ3) is 17.2. The van der Waals surface area contributed by atoms with Crippen molar-refractivity contribution in [3.8, 4) is 0 Å². The Balaban J connectivity index is 0.00000133. The van der Waals surface area contributed by atoms with Crippen LogP contribution in [0.3, 0.4) is 0 Å². The van der Waals surface area contributed by atoms with Gasteiger partial charge < -0.3 is 48.2 Å². The SMILES string of the molecule is C1CCOC1.C1CCOC1.C1CCOC1.CC(C)c1cccc(C(C)C)c1[N+]1=CP(c2c(C(C)(C)C)cc(C(C)(C)C)cc2C(C)(C)C)[C@@H](C)CC1.[Br-].[Br-].[Li+]. The zero-order valence-corrected chi connectivity index (χ0v) is 42.0. The summed E-state index contributed by atoms with van der Waals surface area (Å²) in [7, 11) is -0.472. The van der Waals surface area contributed by atoms with Gasteiger partial charge in [0.05, 0.1) is 0 Å². The van der Waals surface area contributed by atoms with Gasteiger partial charge in [-0.1, -0.05) is 127 Å². The first-order valence-electron chi connectivity index (χ1n) is 20.8. The first-order chi connectivity index (χ1) is 24.3. The minimum absolute atomic E-state index is 0. The predicted molar refractivity (Wildman–Crippen MR) is 229 cm³/mol. The molecule has 0 saturated carbocycles. The van der Waals surface area contributed by atoms with Crippen LogP contribution in [0.2, 0.25) is 0 Å². The van der Waals surface area contributed by atoms with Crippen molar-refractivity contribution in [2.45, 2.75) is 176 Å². The van der Waals surface area contributed by atoms with Gasteiger partial charge in [-0.2, -0.15) is 4.58 Å². The van der Waals surface area contributed by atoms with Crippen LogP contribution in [0.5, 0.6) is 0 Å². The van der Waals surface area contributed by atoms with Crippen molar-refractivity contribution in [3.63, 3.8) is 0 Å². The molecular weight excluding hydrogens is 824 g/mol. The first-order valence-corrected chi connectivity index (χ1v) is 22.3. The van der Waals surface area contributed by atoms with E-state index in [0.29, 0.717) is 17.5 Å². The van der Waals surface area contributed by atoms with Crippen LogP contribution in [-0.2, 0) is 30.5 Å². The number of hydrogen-bond acceptors (Lipinski definition) is 3. The molecule has 4 nitrogen and oxygen atoms in total. The van der Waals surface area contributed by atoms with E-state index in [2.05, 4.69) is 138 Å². The molecule has 6 rings (SSSR count). The van der Waals surface area contributed by atoms with Crippen LogP contribution in [0, 0.1) is 0 Å². The molecule has 3 saturated heterocycles. The van der Waals surface area contributed by atoms with Crippen molar-refractivity contribution >= 4 is 24.9 Å². The van der Waals surface area contributed by atoms with E-state index in [1.165, 1.54) is 67.3 Å². The van der Waals surface area contributed by atoms with Gasteiger partial charge in [0.25, 0.3) is 0 Å². The van der Waals surface area contributed by atoms with Gasteiger partial charge in [0.2, 0.25) is 5.69 Å². The molecule has 0 radical (unpaired) electrons. The van der Waals surface area contributed by atoms with Crippen LogP contribution in [0.1, 0.15) is 182 Å². The largest absolute Gasteiger partial charge is 1.00 e. The van der Waals surface area contributed by atoms with E-state index in [4.69, 9.17) is 14.2 Å². The van der Waals surface area contributed by atoms with Crippen molar-refractivity contribution in [2.24, 2.45) is 0 Å². The third-order valence-electron chi connectivity index (χ3n) is 10.5. The van der Waals surface area contributed by atoms with E-state index in [1.54, 1.807) is 16.4 Å². The van der Waals surface area contributed by atoms with Crippen LogP contribution >= 0.6 is 7.92 Å². The quantitative estimate of drug-likeness (QED) is 0.268. The molecule has 0 aliphatic carbocycles. The van der Waals surface area contributed by atoms with E-state index in [-0.39, 0.29) is 69.1 Å². The molecule has 8 heteroatoms. The van der Waals surface area contributed by atoms with Gasteiger partial charge >= 0.3 is 18.9 Å². The maximum Gasteiger partial charge on any atom is 1.00 e. The molecule has 3 fully saturated rings. The summed E-state index contributed by atoms with van der Waals surface area (Å²) in [5, 5.41) is 1.65. The minimum atomic E-state index is -0.472. The summed E-state index contributed by atoms with van der Waals surface area (Å²) in [5.74, 6) is 3.70. The Labute approximate surface area is 374 Å². The molecule has 0 bridgehead atoms. The molecule has 4 aliphatic rings. The summed E-state index contributed by atoms with van der Waals surface area (Å²) >= 11 is 0. The van der Waals surface area contributed by atoms with Crippen molar-refractivity contribution in [2.75, 3.05) is 46.2 Å². The molecule has 2 aromatic carbocycles. The molecule has 0 amide bonds. The smallest absolute Gasteiger partial charge is 1.00 e. The van der Waals surface area contributed by atoms with Crippen molar-refractivity contribution in [3.05, 3.63) is 58.1 Å². The fourth-order valence-electron chi connectivity index (χ4n) is 7.10. The van der Waals surface area contributed by atoms with Crippen molar-refractivity contribution < 1.29 is 71.6 Å². The molecule has 0 N–H and O–H groups in total. The molecule has 310 valence electrons. The molecule has 55 heavy (non-hydrogen) atoms. The van der Waals surface area contributed by atoms with E-state index in [0.717, 1.165) is 46.2 Å². The summed E-state index contributed by atoms with van der Waals surface area (Å²) in [4.78, 5) is 0. The molecule has 2 aromatic rings. The van der Waals surface area contributed by atoms with E-state index >= 15 is 0 Å². The number of para-hydroxylation sites is 1. The minimum Gasteiger partial charge on any atom is -1.00 e. The second-order valence-corrected chi connectivity index (χ2v) is 21.5. The average molecular weight is 904 g/mol. The third-order valence-corrected chi connectivity index (χ3v) is 13.2. The van der Waals surface area contributed by atoms with Gasteiger partial charge in [-0.3, -0.25) is 0 Å². The maximum absolute atomic E-state index is 4.94. The monoisotopic (exact) mass is 901 g/mol. The molecule has 0 aromatic heterocycles. The van der Waals surface area contributed by atoms with Crippen LogP contribution < -0.4 is 58.1 Å². The standard InChI is InChI=1S/C35H55NP.3C4H8O.2BrH.Li/c1-23(2)27-16-15-17-28(24(3)4)31(27)36-19-18-25(5)37(22-36)32-29(34(9,10)11)20-26(33(6,7)8)21-30(32)35(12,13)14;3*1-2-4-5-3-1;;;/h15-17,20-25H,18-19H2,1-14H3;3*1-4H2;2*1H;/q+1;;;;;;+1/p-2/t25-,37?;;;;;;/m0....../s1. The van der Waals surface area contributed by atoms with Gasteiger partial charge in [0, 0.05) is 65.1 Å². The number of nitrogens with zero attached hydrogens (tertiary/aromatic N) is 1. The zero-order chi connectivity index (χ0) is 38.7. The zero-order valence-electron chi connectivity index (χ0n) is 38.0. The molecule has 4 aliphatic heterocycles. The molecular formula is C47H79Br2LiNO3P. The number of hydrogen-bond donors (Lipinski definition) is 0. The first kappa shape index (κ1) is 55.0. The van der Waals surface area contributed by atoms with Crippen LogP contribution in [0.15, 0.2) is 30.3 Å². The maximum atomic E-state index is 4.94. The number of ether oxygens (including phenoxy) is 3. The van der Waals surface area contributed by atoms with Crippen LogP contribution in [-0.4, -0.2) is 62.4 Å². The normalized spacial score (nSPS) is 19.7. The summed E-state index contributed by atoms with van der Waals surface area (Å²) in [5.41, 5.74) is 10.0. The van der Waals surface area contributed by atoms with Gasteiger partial charge in [0.1, 0.15) is 6.54 Å². The average Bonchev–Trinajstić information content (AvgIpc) is 3.90. The van der Waals surface area contributed by atoms with E-state index < -0.39 is 7.92 Å². The number of rotatable bonds is 4. The second kappa shape index (κ2) is 25.6. The summed E-state index contributed by atoms with van der Waals surface area (Å²) in [6.07, 6.45) is 8.90. The van der Waals surface area contributed by atoms with Gasteiger partial charge in [-0.05, 0) is 94.3 Å². The Morgan fingerprint density at radius 2 is 0.982 bits per heavy atom. The molecule has 1 unspecified atom stereocenters. The number of benzene rings is 2. The van der Waals surface area contributed by atoms with Gasteiger partial charge in [0.15, 0.2) is 5.96 Å². The fraction of sp³-hybridized carbons (Fsp3) is 0.723. The Bertz CT molecular complexity index is 1300. The summed E-state index contributed by atoms with van der Waals surface area (Å²) in [6, 6.07) is 12.1. The Morgan fingerprint density at radius 3 is 1.25 bits per heavy atom. The second-order valence-electron chi connectivity index (χ2n) is 19.1. The van der Waals surface area contributed by atoms with Gasteiger partial charge in [-0.15, -0.1) is 0 Å². The summed E-state index contributed by atoms with van der Waals surface area (Å²) < 4.78 is 17.5.